The van der Waals surface area contributed by atoms with Crippen molar-refractivity contribution >= 4 is 0 Å². The zero-order valence-corrected chi connectivity index (χ0v) is 13.0. The molecule has 0 saturated carbocycles. The molecule has 3 aromatic carbocycles. The van der Waals surface area contributed by atoms with Crippen molar-refractivity contribution in [2.45, 2.75) is 19.8 Å². The maximum Gasteiger partial charge on any atom is 0.115 e. The summed E-state index contributed by atoms with van der Waals surface area (Å²) in [6.07, 6.45) is 0. The lowest BCUT2D eigenvalue weighted by Gasteiger charge is -2.19. The SMILES string of the molecule is Cc1ccc(C(c2ccc(C)cc2)c2ccc(O)cc2)cc1. The Kier molecular flexibility index (Phi) is 3.97. The summed E-state index contributed by atoms with van der Waals surface area (Å²) in [5.74, 6) is 0.483. The fraction of sp³-hybridized carbons (Fsp3) is 0.143. The van der Waals surface area contributed by atoms with Gasteiger partial charge < -0.3 is 5.11 Å². The van der Waals surface area contributed by atoms with E-state index in [0.29, 0.717) is 5.75 Å². The highest BCUT2D eigenvalue weighted by atomic mass is 16.3. The van der Waals surface area contributed by atoms with E-state index in [9.17, 15) is 5.11 Å². The second-order valence-corrected chi connectivity index (χ2v) is 5.85. The molecule has 0 aromatic heterocycles. The van der Waals surface area contributed by atoms with E-state index in [1.807, 2.05) is 12.1 Å². The van der Waals surface area contributed by atoms with Gasteiger partial charge in [0.25, 0.3) is 0 Å². The predicted molar refractivity (Wildman–Crippen MR) is 91.4 cm³/mol. The van der Waals surface area contributed by atoms with Crippen LogP contribution < -0.4 is 0 Å². The smallest absolute Gasteiger partial charge is 0.115 e. The number of benzene rings is 3. The molecule has 0 radical (unpaired) electrons. The first-order valence-electron chi connectivity index (χ1n) is 7.55. The zero-order chi connectivity index (χ0) is 15.5. The Morgan fingerprint density at radius 2 is 0.864 bits per heavy atom. The van der Waals surface area contributed by atoms with Crippen molar-refractivity contribution in [3.63, 3.8) is 0 Å². The molecule has 0 unspecified atom stereocenters. The van der Waals surface area contributed by atoms with Crippen molar-refractivity contribution < 1.29 is 5.11 Å². The lowest BCUT2D eigenvalue weighted by molar-refractivity contribution is 0.475. The molecule has 1 heteroatoms. The predicted octanol–water partition coefficient (Wildman–Crippen LogP) is 5.19. The molecule has 0 aliphatic carbocycles. The third-order valence-corrected chi connectivity index (χ3v) is 4.05. The van der Waals surface area contributed by atoms with E-state index in [-0.39, 0.29) is 5.92 Å². The zero-order valence-electron chi connectivity index (χ0n) is 13.0. The lowest BCUT2D eigenvalue weighted by Crippen LogP contribution is -2.03. The summed E-state index contributed by atoms with van der Waals surface area (Å²) in [7, 11) is 0. The van der Waals surface area contributed by atoms with E-state index in [4.69, 9.17) is 0 Å². The van der Waals surface area contributed by atoms with Crippen molar-refractivity contribution in [1.82, 2.24) is 0 Å². The summed E-state index contributed by atoms with van der Waals surface area (Å²) < 4.78 is 0. The fourth-order valence-electron chi connectivity index (χ4n) is 2.76. The van der Waals surface area contributed by atoms with E-state index in [1.54, 1.807) is 12.1 Å². The van der Waals surface area contributed by atoms with Gasteiger partial charge in [0.15, 0.2) is 0 Å². The minimum atomic E-state index is 0.182. The van der Waals surface area contributed by atoms with Gasteiger partial charge in [-0.25, -0.2) is 0 Å². The standard InChI is InChI=1S/C21H20O/c1-15-3-7-17(8-4-15)21(18-9-5-16(2)6-10-18)19-11-13-20(22)14-12-19/h3-14,21-22H,1-2H3. The molecule has 1 N–H and O–H groups in total. The number of phenolic OH excluding ortho intramolecular Hbond substituents is 1. The van der Waals surface area contributed by atoms with Gasteiger partial charge in [-0.3, -0.25) is 0 Å². The second kappa shape index (κ2) is 6.07. The summed E-state index contributed by atoms with van der Waals surface area (Å²) in [6, 6.07) is 24.9. The van der Waals surface area contributed by atoms with Gasteiger partial charge in [0.05, 0.1) is 0 Å². The van der Waals surface area contributed by atoms with Crippen LogP contribution in [0.2, 0.25) is 0 Å². The van der Waals surface area contributed by atoms with Gasteiger partial charge in [-0.2, -0.15) is 0 Å². The molecule has 0 spiro atoms. The third-order valence-electron chi connectivity index (χ3n) is 4.05. The number of aromatic hydroxyl groups is 1. The van der Waals surface area contributed by atoms with E-state index in [2.05, 4.69) is 62.4 Å². The van der Waals surface area contributed by atoms with E-state index in [1.165, 1.54) is 27.8 Å². The van der Waals surface area contributed by atoms with Crippen LogP contribution in [0.3, 0.4) is 0 Å². The maximum absolute atomic E-state index is 9.55. The van der Waals surface area contributed by atoms with Crippen LogP contribution in [0.25, 0.3) is 0 Å². The van der Waals surface area contributed by atoms with Gasteiger partial charge in [0.2, 0.25) is 0 Å². The average Bonchev–Trinajstić information content (AvgIpc) is 2.53. The first-order chi connectivity index (χ1) is 10.6. The molecule has 3 aromatic rings. The van der Waals surface area contributed by atoms with Crippen LogP contribution in [0.15, 0.2) is 72.8 Å². The monoisotopic (exact) mass is 288 g/mol. The van der Waals surface area contributed by atoms with Crippen LogP contribution in [0.1, 0.15) is 33.7 Å². The number of aryl methyl sites for hydroxylation is 2. The van der Waals surface area contributed by atoms with Crippen molar-refractivity contribution in [1.29, 1.82) is 0 Å². The molecule has 0 aliphatic rings. The lowest BCUT2D eigenvalue weighted by atomic mass is 9.84. The molecule has 0 atom stereocenters. The average molecular weight is 288 g/mol. The van der Waals surface area contributed by atoms with E-state index < -0.39 is 0 Å². The summed E-state index contributed by atoms with van der Waals surface area (Å²) in [6.45, 7) is 4.20. The molecule has 1 nitrogen and oxygen atoms in total. The van der Waals surface area contributed by atoms with Crippen molar-refractivity contribution in [2.24, 2.45) is 0 Å². The molecule has 22 heavy (non-hydrogen) atoms. The molecule has 3 rings (SSSR count). The van der Waals surface area contributed by atoms with Crippen molar-refractivity contribution in [3.8, 4) is 5.75 Å². The quantitative estimate of drug-likeness (QED) is 0.658. The van der Waals surface area contributed by atoms with Crippen LogP contribution in [0, 0.1) is 13.8 Å². The number of rotatable bonds is 3. The fourth-order valence-corrected chi connectivity index (χ4v) is 2.76. The van der Waals surface area contributed by atoms with Crippen LogP contribution >= 0.6 is 0 Å². The largest absolute Gasteiger partial charge is 0.508 e. The summed E-state index contributed by atoms with van der Waals surface area (Å²) >= 11 is 0. The summed E-state index contributed by atoms with van der Waals surface area (Å²) in [5, 5.41) is 9.55. The van der Waals surface area contributed by atoms with Crippen molar-refractivity contribution in [2.75, 3.05) is 0 Å². The molecule has 110 valence electrons. The molecule has 0 amide bonds. The Morgan fingerprint density at radius 3 is 1.23 bits per heavy atom. The topological polar surface area (TPSA) is 20.2 Å². The Morgan fingerprint density at radius 1 is 0.545 bits per heavy atom. The van der Waals surface area contributed by atoms with Gasteiger partial charge in [-0.1, -0.05) is 71.8 Å². The van der Waals surface area contributed by atoms with Crippen LogP contribution in [0.4, 0.5) is 0 Å². The van der Waals surface area contributed by atoms with Crippen LogP contribution in [0.5, 0.6) is 5.75 Å². The summed E-state index contributed by atoms with van der Waals surface area (Å²) in [5.41, 5.74) is 6.24. The molecular weight excluding hydrogens is 268 g/mol. The minimum absolute atomic E-state index is 0.182. The highest BCUT2D eigenvalue weighted by molar-refractivity contribution is 5.45. The molecule has 0 saturated heterocycles. The second-order valence-electron chi connectivity index (χ2n) is 5.85. The minimum Gasteiger partial charge on any atom is -0.508 e. The highest BCUT2D eigenvalue weighted by Gasteiger charge is 2.16. The van der Waals surface area contributed by atoms with E-state index in [0.717, 1.165) is 0 Å². The molecule has 0 fully saturated rings. The molecule has 0 bridgehead atoms. The molecule has 0 aliphatic heterocycles. The first kappa shape index (κ1) is 14.4. The Hall–Kier alpha value is -2.54. The third kappa shape index (κ3) is 3.04. The Bertz CT molecular complexity index is 629. The van der Waals surface area contributed by atoms with Crippen molar-refractivity contribution in [3.05, 3.63) is 101 Å². The van der Waals surface area contributed by atoms with Crippen LogP contribution in [-0.2, 0) is 0 Å². The van der Waals surface area contributed by atoms with Gasteiger partial charge in [-0.15, -0.1) is 0 Å². The molecular formula is C21H20O. The highest BCUT2D eigenvalue weighted by Crippen LogP contribution is 2.33. The first-order valence-corrected chi connectivity index (χ1v) is 7.55. The number of hydrogen-bond donors (Lipinski definition) is 1. The maximum atomic E-state index is 9.55. The van der Waals surface area contributed by atoms with Gasteiger partial charge in [0, 0.05) is 5.92 Å². The van der Waals surface area contributed by atoms with Gasteiger partial charge >= 0.3 is 0 Å². The Labute approximate surface area is 131 Å². The van der Waals surface area contributed by atoms with Crippen LogP contribution in [-0.4, -0.2) is 5.11 Å². The van der Waals surface area contributed by atoms with E-state index >= 15 is 0 Å². The number of hydrogen-bond acceptors (Lipinski definition) is 1. The number of phenols is 1. The summed E-state index contributed by atoms with van der Waals surface area (Å²) in [4.78, 5) is 0. The normalized spacial score (nSPS) is 10.9. The van der Waals surface area contributed by atoms with Gasteiger partial charge in [0.1, 0.15) is 5.75 Å². The Balaban J connectivity index is 2.10. The van der Waals surface area contributed by atoms with Gasteiger partial charge in [-0.05, 0) is 42.7 Å². The molecule has 0 heterocycles.